The number of carbonyl (C=O) groups is 2. The molecule has 0 aromatic heterocycles. The van der Waals surface area contributed by atoms with Crippen molar-refractivity contribution in [1.29, 1.82) is 0 Å². The first-order valence-electron chi connectivity index (χ1n) is 6.50. The zero-order valence-corrected chi connectivity index (χ0v) is 12.7. The van der Waals surface area contributed by atoms with Crippen LogP contribution in [0.15, 0.2) is 0 Å². The average molecular weight is 257 g/mol. The summed E-state index contributed by atoms with van der Waals surface area (Å²) < 4.78 is 4.64. The van der Waals surface area contributed by atoms with E-state index in [-0.39, 0.29) is 35.7 Å². The molecule has 0 radical (unpaired) electrons. The second-order valence-corrected chi connectivity index (χ2v) is 6.00. The normalized spacial score (nSPS) is 13.6. The van der Waals surface area contributed by atoms with Gasteiger partial charge < -0.3 is 10.1 Å². The Labute approximate surface area is 110 Å². The van der Waals surface area contributed by atoms with Crippen LogP contribution >= 0.6 is 0 Å². The van der Waals surface area contributed by atoms with E-state index >= 15 is 0 Å². The quantitative estimate of drug-likeness (QED) is 0.743. The fourth-order valence-electron chi connectivity index (χ4n) is 1.45. The van der Waals surface area contributed by atoms with Crippen molar-refractivity contribution < 1.29 is 14.3 Å². The maximum atomic E-state index is 12.2. The third kappa shape index (κ3) is 5.07. The average Bonchev–Trinajstić information content (AvgIpc) is 2.23. The highest BCUT2D eigenvalue weighted by Crippen LogP contribution is 2.20. The van der Waals surface area contributed by atoms with E-state index in [0.29, 0.717) is 5.92 Å². The number of amides is 1. The number of esters is 1. The molecule has 0 rings (SSSR count). The molecule has 0 aromatic rings. The molecule has 0 bridgehead atoms. The lowest BCUT2D eigenvalue weighted by atomic mass is 9.87. The zero-order chi connectivity index (χ0) is 14.5. The number of ether oxygens (including phenoxy) is 1. The summed E-state index contributed by atoms with van der Waals surface area (Å²) in [6, 6.07) is 0. The van der Waals surface area contributed by atoms with Gasteiger partial charge in [0.1, 0.15) is 0 Å². The van der Waals surface area contributed by atoms with E-state index in [9.17, 15) is 9.59 Å². The van der Waals surface area contributed by atoms with Gasteiger partial charge in [0.2, 0.25) is 5.91 Å². The van der Waals surface area contributed by atoms with Gasteiger partial charge in [0.05, 0.1) is 19.4 Å². The molecule has 0 aromatic carbocycles. The van der Waals surface area contributed by atoms with Gasteiger partial charge in [-0.25, -0.2) is 0 Å². The van der Waals surface area contributed by atoms with Crippen molar-refractivity contribution in [2.75, 3.05) is 7.11 Å². The molecule has 0 fully saturated rings. The summed E-state index contributed by atoms with van der Waals surface area (Å²) in [6.45, 7) is 12.0. The third-order valence-corrected chi connectivity index (χ3v) is 3.64. The van der Waals surface area contributed by atoms with Crippen LogP contribution in [0, 0.1) is 17.8 Å². The van der Waals surface area contributed by atoms with E-state index in [0.717, 1.165) is 0 Å². The van der Waals surface area contributed by atoms with Crippen LogP contribution in [0.4, 0.5) is 0 Å². The van der Waals surface area contributed by atoms with Crippen molar-refractivity contribution >= 4 is 11.9 Å². The zero-order valence-electron chi connectivity index (χ0n) is 12.7. The van der Waals surface area contributed by atoms with Crippen LogP contribution in [0.25, 0.3) is 0 Å². The maximum Gasteiger partial charge on any atom is 0.306 e. The molecule has 18 heavy (non-hydrogen) atoms. The minimum atomic E-state index is -0.341. The van der Waals surface area contributed by atoms with Gasteiger partial charge in [-0.3, -0.25) is 9.59 Å². The molecular formula is C14H27NO3. The van der Waals surface area contributed by atoms with Gasteiger partial charge in [-0.2, -0.15) is 0 Å². The van der Waals surface area contributed by atoms with Gasteiger partial charge in [0.25, 0.3) is 0 Å². The lowest BCUT2D eigenvalue weighted by Crippen LogP contribution is -2.50. The molecule has 4 nitrogen and oxygen atoms in total. The van der Waals surface area contributed by atoms with Crippen LogP contribution in [0.1, 0.15) is 48.0 Å². The molecule has 1 N–H and O–H groups in total. The summed E-state index contributed by atoms with van der Waals surface area (Å²) in [5, 5.41) is 3.02. The molecule has 106 valence electrons. The number of rotatable bonds is 6. The summed E-state index contributed by atoms with van der Waals surface area (Å²) >= 11 is 0. The molecule has 0 unspecified atom stereocenters. The van der Waals surface area contributed by atoms with Crippen molar-refractivity contribution in [3.63, 3.8) is 0 Å². The lowest BCUT2D eigenvalue weighted by molar-refractivity contribution is -0.145. The second-order valence-electron chi connectivity index (χ2n) is 6.00. The van der Waals surface area contributed by atoms with Crippen molar-refractivity contribution in [2.24, 2.45) is 17.8 Å². The van der Waals surface area contributed by atoms with Crippen LogP contribution in [0.2, 0.25) is 0 Å². The van der Waals surface area contributed by atoms with Crippen molar-refractivity contribution in [3.8, 4) is 0 Å². The first kappa shape index (κ1) is 16.9. The second kappa shape index (κ2) is 6.76. The summed E-state index contributed by atoms with van der Waals surface area (Å²) in [5.74, 6) is -0.324. The molecule has 1 amide bonds. The lowest BCUT2D eigenvalue weighted by Gasteiger charge is -2.33. The monoisotopic (exact) mass is 257 g/mol. The molecule has 0 saturated carbocycles. The Balaban J connectivity index is 4.73. The first-order valence-corrected chi connectivity index (χ1v) is 6.50. The molecule has 4 heteroatoms. The predicted octanol–water partition coefficient (Wildman–Crippen LogP) is 2.37. The van der Waals surface area contributed by atoms with Crippen LogP contribution in [-0.2, 0) is 14.3 Å². The van der Waals surface area contributed by atoms with E-state index in [1.54, 1.807) is 0 Å². The smallest absolute Gasteiger partial charge is 0.306 e. The minimum Gasteiger partial charge on any atom is -0.469 e. The number of methoxy groups -OCH3 is 1. The Morgan fingerprint density at radius 3 is 2.00 bits per heavy atom. The fraction of sp³-hybridized carbons (Fsp3) is 0.857. The first-order chi connectivity index (χ1) is 8.11. The minimum absolute atomic E-state index is 0.0749. The van der Waals surface area contributed by atoms with Gasteiger partial charge in [0.15, 0.2) is 0 Å². The van der Waals surface area contributed by atoms with Crippen LogP contribution in [-0.4, -0.2) is 24.5 Å². The van der Waals surface area contributed by atoms with E-state index in [1.807, 2.05) is 27.7 Å². The Kier molecular flexibility index (Phi) is 6.36. The molecule has 0 aliphatic heterocycles. The summed E-state index contributed by atoms with van der Waals surface area (Å²) in [4.78, 5) is 23.6. The fourth-order valence-corrected chi connectivity index (χ4v) is 1.45. The Morgan fingerprint density at radius 1 is 1.17 bits per heavy atom. The van der Waals surface area contributed by atoms with E-state index in [2.05, 4.69) is 23.9 Å². The molecule has 0 aliphatic carbocycles. The van der Waals surface area contributed by atoms with Gasteiger partial charge in [-0.1, -0.05) is 27.7 Å². The predicted molar refractivity (Wildman–Crippen MR) is 72.0 cm³/mol. The Hall–Kier alpha value is -1.06. The third-order valence-electron chi connectivity index (χ3n) is 3.64. The highest BCUT2D eigenvalue weighted by molar-refractivity contribution is 5.84. The topological polar surface area (TPSA) is 55.4 Å². The Bertz CT molecular complexity index is 295. The molecule has 0 aliphatic rings. The Morgan fingerprint density at radius 2 is 1.67 bits per heavy atom. The van der Waals surface area contributed by atoms with Crippen LogP contribution < -0.4 is 5.32 Å². The molecule has 0 saturated heterocycles. The summed E-state index contributed by atoms with van der Waals surface area (Å²) in [6.07, 6.45) is 0.133. The highest BCUT2D eigenvalue weighted by Gasteiger charge is 2.31. The molecule has 0 spiro atoms. The number of hydrogen-bond donors (Lipinski definition) is 1. The number of nitrogens with one attached hydrogen (secondary N) is 1. The highest BCUT2D eigenvalue weighted by atomic mass is 16.5. The standard InChI is InChI=1S/C14H27NO3/c1-9(2)11(8-12(16)18-7)13(17)15-14(5,6)10(3)4/h9-11H,8H2,1-7H3,(H,15,17)/t11-/m0/s1. The van der Waals surface area contributed by atoms with E-state index < -0.39 is 0 Å². The van der Waals surface area contributed by atoms with Crippen molar-refractivity contribution in [3.05, 3.63) is 0 Å². The van der Waals surface area contributed by atoms with Gasteiger partial charge in [-0.15, -0.1) is 0 Å². The van der Waals surface area contributed by atoms with E-state index in [4.69, 9.17) is 0 Å². The van der Waals surface area contributed by atoms with Crippen molar-refractivity contribution in [2.45, 2.75) is 53.5 Å². The SMILES string of the molecule is COC(=O)C[C@H](C(=O)NC(C)(C)C(C)C)C(C)C. The van der Waals surface area contributed by atoms with Crippen LogP contribution in [0.5, 0.6) is 0 Å². The molecular weight excluding hydrogens is 230 g/mol. The maximum absolute atomic E-state index is 12.2. The van der Waals surface area contributed by atoms with Gasteiger partial charge >= 0.3 is 5.97 Å². The number of hydrogen-bond acceptors (Lipinski definition) is 3. The molecule has 1 atom stereocenters. The van der Waals surface area contributed by atoms with Gasteiger partial charge in [0, 0.05) is 5.54 Å². The largest absolute Gasteiger partial charge is 0.469 e. The van der Waals surface area contributed by atoms with Crippen molar-refractivity contribution in [1.82, 2.24) is 5.32 Å². The number of carbonyl (C=O) groups excluding carboxylic acids is 2. The van der Waals surface area contributed by atoms with Gasteiger partial charge in [-0.05, 0) is 25.7 Å². The molecule has 0 heterocycles. The summed E-state index contributed by atoms with van der Waals surface area (Å²) in [5.41, 5.74) is -0.277. The van der Waals surface area contributed by atoms with Crippen LogP contribution in [0.3, 0.4) is 0 Å². The van der Waals surface area contributed by atoms with E-state index in [1.165, 1.54) is 7.11 Å². The summed E-state index contributed by atoms with van der Waals surface area (Å²) in [7, 11) is 1.34.